The van der Waals surface area contributed by atoms with E-state index in [2.05, 4.69) is 21.0 Å². The second-order valence-electron chi connectivity index (χ2n) is 4.20. The summed E-state index contributed by atoms with van der Waals surface area (Å²) in [4.78, 5) is 11.1. The lowest BCUT2D eigenvalue weighted by molar-refractivity contribution is 0.0695. The van der Waals surface area contributed by atoms with Gasteiger partial charge in [0.05, 0.1) is 17.1 Å². The number of nitrogens with zero attached hydrogens (tertiary/aromatic N) is 2. The molecule has 0 atom stereocenters. The number of halogens is 1. The number of carboxylic acid groups (broad SMARTS) is 1. The fourth-order valence-corrected chi connectivity index (χ4v) is 2.21. The minimum atomic E-state index is -0.940. The van der Waals surface area contributed by atoms with E-state index < -0.39 is 5.97 Å². The molecule has 0 amide bonds. The summed E-state index contributed by atoms with van der Waals surface area (Å²) in [7, 11) is 0. The Kier molecular flexibility index (Phi) is 3.26. The van der Waals surface area contributed by atoms with Crippen LogP contribution in [0.3, 0.4) is 0 Å². The highest BCUT2D eigenvalue weighted by Crippen LogP contribution is 2.22. The molecule has 4 nitrogen and oxygen atoms in total. The fraction of sp³-hybridized carbons (Fsp3) is 0.231. The number of hydrogen-bond donors (Lipinski definition) is 1. The number of carbonyl (C=O) groups is 1. The maximum atomic E-state index is 11.1. The van der Waals surface area contributed by atoms with Gasteiger partial charge in [0.1, 0.15) is 5.56 Å². The molecule has 1 aromatic heterocycles. The van der Waals surface area contributed by atoms with Crippen molar-refractivity contribution in [2.24, 2.45) is 0 Å². The van der Waals surface area contributed by atoms with Crippen LogP contribution >= 0.6 is 15.9 Å². The Bertz CT molecular complexity index is 632. The maximum absolute atomic E-state index is 11.1. The van der Waals surface area contributed by atoms with E-state index in [1.165, 1.54) is 0 Å². The number of aromatic nitrogens is 2. The van der Waals surface area contributed by atoms with Crippen LogP contribution in [0.2, 0.25) is 0 Å². The van der Waals surface area contributed by atoms with Crippen LogP contribution in [0.1, 0.15) is 27.3 Å². The van der Waals surface area contributed by atoms with Gasteiger partial charge in [0.25, 0.3) is 0 Å². The van der Waals surface area contributed by atoms with E-state index in [1.807, 2.05) is 25.1 Å². The standard InChI is InChI=1S/C13H13BrN2O2/c1-7-6-10(4-5-11(7)14)16-9(3)12(13(17)18)8(2)15-16/h4-6H,1-3H3,(H,17,18). The minimum absolute atomic E-state index is 0.274. The van der Waals surface area contributed by atoms with Crippen LogP contribution in [0.25, 0.3) is 5.69 Å². The first kappa shape index (κ1) is 12.8. The van der Waals surface area contributed by atoms with Crippen molar-refractivity contribution in [2.75, 3.05) is 0 Å². The van der Waals surface area contributed by atoms with Crippen LogP contribution in [0.4, 0.5) is 0 Å². The van der Waals surface area contributed by atoms with Crippen LogP contribution in [-0.4, -0.2) is 20.9 Å². The van der Waals surface area contributed by atoms with Crippen LogP contribution in [0.5, 0.6) is 0 Å². The van der Waals surface area contributed by atoms with Crippen molar-refractivity contribution in [3.05, 3.63) is 45.2 Å². The Labute approximate surface area is 113 Å². The lowest BCUT2D eigenvalue weighted by atomic mass is 10.2. The molecule has 0 aliphatic carbocycles. The van der Waals surface area contributed by atoms with E-state index in [-0.39, 0.29) is 5.56 Å². The van der Waals surface area contributed by atoms with Crippen molar-refractivity contribution in [2.45, 2.75) is 20.8 Å². The molecule has 0 saturated heterocycles. The lowest BCUT2D eigenvalue weighted by Crippen LogP contribution is -2.02. The molecule has 1 heterocycles. The summed E-state index contributed by atoms with van der Waals surface area (Å²) in [5, 5.41) is 13.4. The van der Waals surface area contributed by atoms with E-state index in [1.54, 1.807) is 18.5 Å². The molecule has 0 saturated carbocycles. The summed E-state index contributed by atoms with van der Waals surface area (Å²) in [5.41, 5.74) is 3.39. The van der Waals surface area contributed by atoms with Crippen LogP contribution in [0, 0.1) is 20.8 Å². The number of carboxylic acids is 1. The highest BCUT2D eigenvalue weighted by atomic mass is 79.9. The number of benzene rings is 1. The molecule has 5 heteroatoms. The van der Waals surface area contributed by atoms with E-state index in [4.69, 9.17) is 5.11 Å². The van der Waals surface area contributed by atoms with Gasteiger partial charge < -0.3 is 5.11 Å². The molecule has 0 spiro atoms. The molecule has 0 radical (unpaired) electrons. The third-order valence-corrected chi connectivity index (χ3v) is 3.78. The number of rotatable bonds is 2. The van der Waals surface area contributed by atoms with Crippen molar-refractivity contribution < 1.29 is 9.90 Å². The van der Waals surface area contributed by atoms with Gasteiger partial charge >= 0.3 is 5.97 Å². The Morgan fingerprint density at radius 3 is 2.50 bits per heavy atom. The van der Waals surface area contributed by atoms with Crippen LogP contribution in [-0.2, 0) is 0 Å². The Balaban J connectivity index is 2.61. The molecule has 0 bridgehead atoms. The predicted octanol–water partition coefficient (Wildman–Crippen LogP) is 3.26. The average Bonchev–Trinajstić information content (AvgIpc) is 2.58. The van der Waals surface area contributed by atoms with Gasteiger partial charge in [-0.05, 0) is 44.5 Å². The average molecular weight is 309 g/mol. The molecule has 1 N–H and O–H groups in total. The summed E-state index contributed by atoms with van der Waals surface area (Å²) in [6.45, 7) is 5.46. The quantitative estimate of drug-likeness (QED) is 0.926. The zero-order valence-corrected chi connectivity index (χ0v) is 11.9. The second kappa shape index (κ2) is 4.57. The van der Waals surface area contributed by atoms with E-state index in [0.717, 1.165) is 15.7 Å². The molecule has 0 aliphatic heterocycles. The second-order valence-corrected chi connectivity index (χ2v) is 5.05. The number of hydrogen-bond acceptors (Lipinski definition) is 2. The van der Waals surface area contributed by atoms with Gasteiger partial charge in [-0.25, -0.2) is 9.48 Å². The first-order chi connectivity index (χ1) is 8.41. The van der Waals surface area contributed by atoms with Crippen molar-refractivity contribution in [1.29, 1.82) is 0 Å². The molecule has 0 fully saturated rings. The number of aryl methyl sites for hydroxylation is 2. The van der Waals surface area contributed by atoms with Gasteiger partial charge in [0, 0.05) is 4.47 Å². The summed E-state index contributed by atoms with van der Waals surface area (Å²) in [5.74, 6) is -0.940. The summed E-state index contributed by atoms with van der Waals surface area (Å²) < 4.78 is 2.68. The Morgan fingerprint density at radius 1 is 1.33 bits per heavy atom. The normalized spacial score (nSPS) is 10.7. The molecular weight excluding hydrogens is 296 g/mol. The molecule has 1 aromatic carbocycles. The topological polar surface area (TPSA) is 55.1 Å². The van der Waals surface area contributed by atoms with Crippen molar-refractivity contribution in [1.82, 2.24) is 9.78 Å². The highest BCUT2D eigenvalue weighted by molar-refractivity contribution is 9.10. The molecular formula is C13H13BrN2O2. The highest BCUT2D eigenvalue weighted by Gasteiger charge is 2.18. The molecule has 18 heavy (non-hydrogen) atoms. The predicted molar refractivity (Wildman–Crippen MR) is 72.4 cm³/mol. The third kappa shape index (κ3) is 2.06. The molecule has 0 unspecified atom stereocenters. The van der Waals surface area contributed by atoms with E-state index in [9.17, 15) is 4.79 Å². The zero-order chi connectivity index (χ0) is 13.4. The van der Waals surface area contributed by atoms with Crippen molar-refractivity contribution >= 4 is 21.9 Å². The number of aromatic carboxylic acids is 1. The van der Waals surface area contributed by atoms with Gasteiger partial charge in [-0.2, -0.15) is 5.10 Å². The van der Waals surface area contributed by atoms with Gasteiger partial charge in [-0.1, -0.05) is 15.9 Å². The van der Waals surface area contributed by atoms with Gasteiger partial charge in [-0.15, -0.1) is 0 Å². The van der Waals surface area contributed by atoms with Gasteiger partial charge in [0.2, 0.25) is 0 Å². The maximum Gasteiger partial charge on any atom is 0.339 e. The summed E-state index contributed by atoms with van der Waals surface area (Å²) in [6, 6.07) is 5.80. The smallest absolute Gasteiger partial charge is 0.339 e. The fourth-order valence-electron chi connectivity index (χ4n) is 1.96. The Hall–Kier alpha value is -1.62. The van der Waals surface area contributed by atoms with Crippen molar-refractivity contribution in [3.63, 3.8) is 0 Å². The van der Waals surface area contributed by atoms with E-state index in [0.29, 0.717) is 11.4 Å². The molecule has 2 rings (SSSR count). The SMILES string of the molecule is Cc1cc(-n2nc(C)c(C(=O)O)c2C)ccc1Br. The molecule has 0 aliphatic rings. The summed E-state index contributed by atoms with van der Waals surface area (Å²) >= 11 is 3.44. The third-order valence-electron chi connectivity index (χ3n) is 2.89. The molecule has 2 aromatic rings. The molecule has 94 valence electrons. The Morgan fingerprint density at radius 2 is 2.00 bits per heavy atom. The van der Waals surface area contributed by atoms with Crippen molar-refractivity contribution in [3.8, 4) is 5.69 Å². The monoisotopic (exact) mass is 308 g/mol. The lowest BCUT2D eigenvalue weighted by Gasteiger charge is -2.06. The summed E-state index contributed by atoms with van der Waals surface area (Å²) in [6.07, 6.45) is 0. The van der Waals surface area contributed by atoms with E-state index >= 15 is 0 Å². The van der Waals surface area contributed by atoms with Gasteiger partial charge in [-0.3, -0.25) is 0 Å². The van der Waals surface area contributed by atoms with Crippen LogP contribution in [0.15, 0.2) is 22.7 Å². The zero-order valence-electron chi connectivity index (χ0n) is 10.4. The largest absolute Gasteiger partial charge is 0.478 e. The first-order valence-electron chi connectivity index (χ1n) is 5.48. The first-order valence-corrected chi connectivity index (χ1v) is 6.27. The van der Waals surface area contributed by atoms with Crippen LogP contribution < -0.4 is 0 Å². The minimum Gasteiger partial charge on any atom is -0.478 e. The van der Waals surface area contributed by atoms with Gasteiger partial charge in [0.15, 0.2) is 0 Å².